The number of hydrogen-bond donors (Lipinski definition) is 4. The van der Waals surface area contributed by atoms with E-state index < -0.39 is 17.6 Å². The zero-order chi connectivity index (χ0) is 9.65. The van der Waals surface area contributed by atoms with Crippen LogP contribution in [0.5, 0.6) is 0 Å². The number of hydrogen-bond acceptors (Lipinski definition) is 4. The van der Waals surface area contributed by atoms with Crippen LogP contribution in [0.15, 0.2) is 0 Å². The molecule has 6 N–H and O–H groups in total. The maximum absolute atomic E-state index is 9.77. The summed E-state index contributed by atoms with van der Waals surface area (Å²) in [5, 5.41) is 15.4. The fraction of sp³-hybridized carbons (Fsp3) is 0.600. The van der Waals surface area contributed by atoms with E-state index in [1.54, 1.807) is 0 Å². The third kappa shape index (κ3) is 17.7. The van der Waals surface area contributed by atoms with Crippen LogP contribution < -0.4 is 11.5 Å². The van der Waals surface area contributed by atoms with E-state index >= 15 is 0 Å². The molecule has 0 unspecified atom stereocenters. The molecular formula is C5H12N2O4. The molecule has 0 heterocycles. The molecule has 0 aromatic carbocycles. The van der Waals surface area contributed by atoms with E-state index in [0.717, 1.165) is 6.92 Å². The van der Waals surface area contributed by atoms with Gasteiger partial charge in [-0.2, -0.15) is 0 Å². The first-order valence-electron chi connectivity index (χ1n) is 2.68. The molecule has 0 aromatic heterocycles. The number of rotatable bonds is 1. The predicted octanol–water partition coefficient (Wildman–Crippen LogP) is -1.20. The Labute approximate surface area is 63.8 Å². The average Bonchev–Trinajstić information content (AvgIpc) is 1.59. The molecule has 0 spiro atoms. The van der Waals surface area contributed by atoms with Crippen LogP contribution in [0.4, 0.5) is 0 Å². The monoisotopic (exact) mass is 164 g/mol. The third-order valence-electron chi connectivity index (χ3n) is 0.461. The molecule has 6 nitrogen and oxygen atoms in total. The van der Waals surface area contributed by atoms with Crippen molar-refractivity contribution in [3.63, 3.8) is 0 Å². The van der Waals surface area contributed by atoms with Gasteiger partial charge in [-0.3, -0.25) is 4.79 Å². The molecule has 0 amide bonds. The summed E-state index contributed by atoms with van der Waals surface area (Å²) >= 11 is 0. The molecule has 0 aliphatic carbocycles. The van der Waals surface area contributed by atoms with Gasteiger partial charge in [0.15, 0.2) is 5.66 Å². The third-order valence-corrected chi connectivity index (χ3v) is 0.461. The second-order valence-electron chi connectivity index (χ2n) is 2.11. The van der Waals surface area contributed by atoms with E-state index in [1.165, 1.54) is 6.92 Å². The lowest BCUT2D eigenvalue weighted by Gasteiger charge is -2.09. The molecule has 0 aliphatic rings. The lowest BCUT2D eigenvalue weighted by Crippen LogP contribution is -2.53. The van der Waals surface area contributed by atoms with E-state index in [-0.39, 0.29) is 0 Å². The number of carboxylic acid groups (broad SMARTS) is 2. The van der Waals surface area contributed by atoms with E-state index in [1.807, 2.05) is 0 Å². The largest absolute Gasteiger partial charge is 0.481 e. The Hall–Kier alpha value is -1.14. The maximum Gasteiger partial charge on any atom is 0.338 e. The highest BCUT2D eigenvalue weighted by molar-refractivity contribution is 5.76. The minimum atomic E-state index is -1.58. The van der Waals surface area contributed by atoms with Gasteiger partial charge in [0.2, 0.25) is 0 Å². The first-order valence-corrected chi connectivity index (χ1v) is 2.68. The Morgan fingerprint density at radius 3 is 1.36 bits per heavy atom. The van der Waals surface area contributed by atoms with Crippen molar-refractivity contribution in [2.75, 3.05) is 0 Å². The molecule has 11 heavy (non-hydrogen) atoms. The number of nitrogens with two attached hydrogens (primary N) is 2. The highest BCUT2D eigenvalue weighted by Gasteiger charge is 2.20. The molecule has 0 fully saturated rings. The van der Waals surface area contributed by atoms with Crippen molar-refractivity contribution >= 4 is 11.9 Å². The second-order valence-corrected chi connectivity index (χ2v) is 2.11. The van der Waals surface area contributed by atoms with Crippen LogP contribution in [-0.2, 0) is 9.59 Å². The lowest BCUT2D eigenvalue weighted by atomic mass is 10.2. The average molecular weight is 164 g/mol. The van der Waals surface area contributed by atoms with Crippen molar-refractivity contribution in [2.45, 2.75) is 19.5 Å². The summed E-state index contributed by atoms with van der Waals surface area (Å²) in [6.45, 7) is 2.30. The van der Waals surface area contributed by atoms with Crippen molar-refractivity contribution < 1.29 is 19.8 Å². The fourth-order valence-electron chi connectivity index (χ4n) is 0. The second kappa shape index (κ2) is 4.64. The summed E-state index contributed by atoms with van der Waals surface area (Å²) in [6.07, 6.45) is 0. The van der Waals surface area contributed by atoms with Crippen LogP contribution in [0, 0.1) is 0 Å². The van der Waals surface area contributed by atoms with Crippen LogP contribution in [0.2, 0.25) is 0 Å². The summed E-state index contributed by atoms with van der Waals surface area (Å²) in [4.78, 5) is 18.8. The van der Waals surface area contributed by atoms with Crippen LogP contribution in [0.3, 0.4) is 0 Å². The number of aliphatic carboxylic acids is 2. The quantitative estimate of drug-likeness (QED) is 0.360. The van der Waals surface area contributed by atoms with Gasteiger partial charge in [-0.15, -0.1) is 0 Å². The highest BCUT2D eigenvalue weighted by atomic mass is 16.4. The molecule has 0 aromatic rings. The van der Waals surface area contributed by atoms with Gasteiger partial charge in [0.05, 0.1) is 0 Å². The normalized spacial score (nSPS) is 9.45. The van der Waals surface area contributed by atoms with Crippen molar-refractivity contribution in [3.8, 4) is 0 Å². The predicted molar refractivity (Wildman–Crippen MR) is 37.7 cm³/mol. The summed E-state index contributed by atoms with van der Waals surface area (Å²) < 4.78 is 0. The molecule has 0 saturated heterocycles. The number of carboxylic acids is 2. The SMILES string of the molecule is CC(=O)O.CC(N)(N)C(=O)O. The molecule has 0 aliphatic heterocycles. The summed E-state index contributed by atoms with van der Waals surface area (Å²) in [5.41, 5.74) is 8.13. The topological polar surface area (TPSA) is 127 Å². The molecule has 0 saturated carbocycles. The number of carbonyl (C=O) groups is 2. The van der Waals surface area contributed by atoms with E-state index in [9.17, 15) is 4.79 Å². The molecular weight excluding hydrogens is 152 g/mol. The summed E-state index contributed by atoms with van der Waals surface area (Å²) in [7, 11) is 0. The van der Waals surface area contributed by atoms with Gasteiger partial charge in [0, 0.05) is 6.92 Å². The van der Waals surface area contributed by atoms with Gasteiger partial charge in [-0.1, -0.05) is 0 Å². The maximum atomic E-state index is 9.77. The van der Waals surface area contributed by atoms with E-state index in [4.69, 9.17) is 26.5 Å². The van der Waals surface area contributed by atoms with Gasteiger partial charge in [0.25, 0.3) is 5.97 Å². The van der Waals surface area contributed by atoms with E-state index in [0.29, 0.717) is 0 Å². The minimum Gasteiger partial charge on any atom is -0.481 e. The van der Waals surface area contributed by atoms with Gasteiger partial charge < -0.3 is 21.7 Å². The summed E-state index contributed by atoms with van der Waals surface area (Å²) in [5.74, 6) is -2.03. The van der Waals surface area contributed by atoms with Gasteiger partial charge >= 0.3 is 5.97 Å². The zero-order valence-electron chi connectivity index (χ0n) is 6.37. The Morgan fingerprint density at radius 1 is 1.27 bits per heavy atom. The standard InChI is InChI=1S/C3H8N2O2.C2H4O2/c1-3(4,5)2(6)7;1-2(3)4/h4-5H2,1H3,(H,6,7);1H3,(H,3,4). The summed E-state index contributed by atoms with van der Waals surface area (Å²) in [6, 6.07) is 0. The first kappa shape index (κ1) is 12.5. The van der Waals surface area contributed by atoms with Gasteiger partial charge in [-0.05, 0) is 6.92 Å². The molecule has 0 bridgehead atoms. The zero-order valence-corrected chi connectivity index (χ0v) is 6.37. The Morgan fingerprint density at radius 2 is 1.36 bits per heavy atom. The van der Waals surface area contributed by atoms with Gasteiger partial charge in [-0.25, -0.2) is 4.79 Å². The van der Waals surface area contributed by atoms with Crippen molar-refractivity contribution in [1.82, 2.24) is 0 Å². The van der Waals surface area contributed by atoms with E-state index in [2.05, 4.69) is 0 Å². The van der Waals surface area contributed by atoms with Gasteiger partial charge in [0.1, 0.15) is 0 Å². The minimum absolute atomic E-state index is 0.833. The smallest absolute Gasteiger partial charge is 0.338 e. The van der Waals surface area contributed by atoms with Crippen molar-refractivity contribution in [1.29, 1.82) is 0 Å². The molecule has 66 valence electrons. The Balaban J connectivity index is 0. The van der Waals surface area contributed by atoms with Crippen LogP contribution in [0.1, 0.15) is 13.8 Å². The molecule has 0 radical (unpaired) electrons. The van der Waals surface area contributed by atoms with Crippen molar-refractivity contribution in [2.24, 2.45) is 11.5 Å². The molecule has 0 atom stereocenters. The first-order chi connectivity index (χ1) is 4.68. The fourth-order valence-corrected chi connectivity index (χ4v) is 0. The lowest BCUT2D eigenvalue weighted by molar-refractivity contribution is -0.142. The van der Waals surface area contributed by atoms with Crippen LogP contribution in [0.25, 0.3) is 0 Å². The van der Waals surface area contributed by atoms with Crippen LogP contribution >= 0.6 is 0 Å². The Bertz CT molecular complexity index is 145. The highest BCUT2D eigenvalue weighted by Crippen LogP contribution is 1.83. The van der Waals surface area contributed by atoms with Crippen molar-refractivity contribution in [3.05, 3.63) is 0 Å². The Kier molecular flexibility index (Phi) is 5.29. The van der Waals surface area contributed by atoms with Crippen LogP contribution in [-0.4, -0.2) is 27.8 Å². The molecule has 0 rings (SSSR count). The molecule has 6 heteroatoms.